The first kappa shape index (κ1) is 13.6. The predicted octanol–water partition coefficient (Wildman–Crippen LogP) is 4.07. The van der Waals surface area contributed by atoms with E-state index in [0.29, 0.717) is 5.92 Å². The standard InChI is InChI=1S/C20H22N2/c21-13-16-9-6-12-19-20(16)17-10-4-5-11-18(17)22(19)14-15-7-2-1-3-8-15/h1-5,7-8,10-11,16H,6,9,12-14,21H2. The van der Waals surface area contributed by atoms with E-state index in [1.54, 1.807) is 0 Å². The fourth-order valence-corrected chi connectivity index (χ4v) is 3.95. The molecule has 2 nitrogen and oxygen atoms in total. The number of nitrogens with two attached hydrogens (primary N) is 1. The van der Waals surface area contributed by atoms with Gasteiger partial charge < -0.3 is 10.3 Å². The molecule has 22 heavy (non-hydrogen) atoms. The molecule has 0 radical (unpaired) electrons. The Labute approximate surface area is 131 Å². The molecular weight excluding hydrogens is 268 g/mol. The maximum atomic E-state index is 6.06. The Bertz CT molecular complexity index is 786. The van der Waals surface area contributed by atoms with Crippen molar-refractivity contribution in [2.24, 2.45) is 5.73 Å². The molecule has 0 aliphatic heterocycles. The summed E-state index contributed by atoms with van der Waals surface area (Å²) in [5, 5.41) is 1.41. The lowest BCUT2D eigenvalue weighted by molar-refractivity contribution is 0.544. The largest absolute Gasteiger partial charge is 0.340 e. The zero-order valence-corrected chi connectivity index (χ0v) is 12.8. The third kappa shape index (κ3) is 2.15. The van der Waals surface area contributed by atoms with Gasteiger partial charge in [0.15, 0.2) is 0 Å². The van der Waals surface area contributed by atoms with Gasteiger partial charge in [-0.3, -0.25) is 0 Å². The van der Waals surface area contributed by atoms with Crippen LogP contribution in [0.2, 0.25) is 0 Å². The lowest BCUT2D eigenvalue weighted by Gasteiger charge is -2.23. The molecule has 3 aromatic rings. The molecule has 0 fully saturated rings. The number of rotatable bonds is 3. The molecule has 1 unspecified atom stereocenters. The zero-order chi connectivity index (χ0) is 14.9. The Kier molecular flexibility index (Phi) is 3.47. The highest BCUT2D eigenvalue weighted by molar-refractivity contribution is 5.86. The minimum absolute atomic E-state index is 0.519. The summed E-state index contributed by atoms with van der Waals surface area (Å²) in [6, 6.07) is 19.6. The van der Waals surface area contributed by atoms with E-state index in [4.69, 9.17) is 5.73 Å². The van der Waals surface area contributed by atoms with Crippen molar-refractivity contribution in [1.82, 2.24) is 4.57 Å². The fourth-order valence-electron chi connectivity index (χ4n) is 3.95. The van der Waals surface area contributed by atoms with Crippen LogP contribution >= 0.6 is 0 Å². The van der Waals surface area contributed by atoms with Gasteiger partial charge >= 0.3 is 0 Å². The van der Waals surface area contributed by atoms with Crippen LogP contribution in [-0.4, -0.2) is 11.1 Å². The second-order valence-corrected chi connectivity index (χ2v) is 6.27. The van der Waals surface area contributed by atoms with Crippen molar-refractivity contribution in [1.29, 1.82) is 0 Å². The molecular formula is C20H22N2. The Hall–Kier alpha value is -2.06. The number of fused-ring (bicyclic) bond motifs is 3. The molecule has 2 heteroatoms. The van der Waals surface area contributed by atoms with E-state index in [2.05, 4.69) is 59.2 Å². The van der Waals surface area contributed by atoms with Gasteiger partial charge in [-0.1, -0.05) is 48.5 Å². The van der Waals surface area contributed by atoms with Crippen molar-refractivity contribution in [3.8, 4) is 0 Å². The van der Waals surface area contributed by atoms with E-state index < -0.39 is 0 Å². The molecule has 0 amide bonds. The summed E-state index contributed by atoms with van der Waals surface area (Å²) in [7, 11) is 0. The smallest absolute Gasteiger partial charge is 0.0488 e. The lowest BCUT2D eigenvalue weighted by Crippen LogP contribution is -2.19. The van der Waals surface area contributed by atoms with Crippen LogP contribution in [0.5, 0.6) is 0 Å². The van der Waals surface area contributed by atoms with Gasteiger partial charge in [-0.05, 0) is 48.9 Å². The second kappa shape index (κ2) is 5.62. The summed E-state index contributed by atoms with van der Waals surface area (Å²) in [4.78, 5) is 0. The van der Waals surface area contributed by atoms with Gasteiger partial charge in [0, 0.05) is 23.1 Å². The van der Waals surface area contributed by atoms with E-state index >= 15 is 0 Å². The van der Waals surface area contributed by atoms with Crippen molar-refractivity contribution in [2.75, 3.05) is 6.54 Å². The van der Waals surface area contributed by atoms with E-state index in [9.17, 15) is 0 Å². The molecule has 1 aliphatic carbocycles. The van der Waals surface area contributed by atoms with Crippen molar-refractivity contribution in [2.45, 2.75) is 31.7 Å². The topological polar surface area (TPSA) is 30.9 Å². The van der Waals surface area contributed by atoms with Gasteiger partial charge in [-0.25, -0.2) is 0 Å². The van der Waals surface area contributed by atoms with Crippen LogP contribution in [0.25, 0.3) is 10.9 Å². The quantitative estimate of drug-likeness (QED) is 0.774. The summed E-state index contributed by atoms with van der Waals surface area (Å²) in [6.45, 7) is 1.71. The highest BCUT2D eigenvalue weighted by atomic mass is 15.0. The van der Waals surface area contributed by atoms with Gasteiger partial charge in [-0.15, -0.1) is 0 Å². The highest BCUT2D eigenvalue weighted by Crippen LogP contribution is 2.38. The van der Waals surface area contributed by atoms with Crippen LogP contribution in [0, 0.1) is 0 Å². The molecule has 4 rings (SSSR count). The SMILES string of the molecule is NCC1CCCc2c1c1ccccc1n2Cc1ccccc1. The second-order valence-electron chi connectivity index (χ2n) is 6.27. The summed E-state index contributed by atoms with van der Waals surface area (Å²) in [5.41, 5.74) is 11.8. The van der Waals surface area contributed by atoms with Crippen molar-refractivity contribution >= 4 is 10.9 Å². The molecule has 2 N–H and O–H groups in total. The van der Waals surface area contributed by atoms with Crippen LogP contribution in [-0.2, 0) is 13.0 Å². The molecule has 1 atom stereocenters. The summed E-state index contributed by atoms with van der Waals surface area (Å²) in [6.07, 6.45) is 3.65. The number of benzene rings is 2. The zero-order valence-electron chi connectivity index (χ0n) is 12.8. The van der Waals surface area contributed by atoms with Crippen LogP contribution < -0.4 is 5.73 Å². The maximum absolute atomic E-state index is 6.06. The molecule has 2 aromatic carbocycles. The Morgan fingerprint density at radius 2 is 1.77 bits per heavy atom. The van der Waals surface area contributed by atoms with Gasteiger partial charge in [0.1, 0.15) is 0 Å². The molecule has 0 saturated carbocycles. The van der Waals surface area contributed by atoms with Gasteiger partial charge in [0.25, 0.3) is 0 Å². The maximum Gasteiger partial charge on any atom is 0.0488 e. The number of nitrogens with zero attached hydrogens (tertiary/aromatic N) is 1. The van der Waals surface area contributed by atoms with E-state index in [0.717, 1.165) is 13.1 Å². The van der Waals surface area contributed by atoms with Crippen LogP contribution in [0.1, 0.15) is 35.6 Å². The van der Waals surface area contributed by atoms with Crippen LogP contribution in [0.4, 0.5) is 0 Å². The van der Waals surface area contributed by atoms with Gasteiger partial charge in [0.2, 0.25) is 0 Å². The molecule has 112 valence electrons. The number of hydrogen-bond donors (Lipinski definition) is 1. The number of aromatic nitrogens is 1. The first-order valence-electron chi connectivity index (χ1n) is 8.22. The molecule has 1 heterocycles. The first-order valence-corrected chi connectivity index (χ1v) is 8.22. The monoisotopic (exact) mass is 290 g/mol. The van der Waals surface area contributed by atoms with Gasteiger partial charge in [0.05, 0.1) is 0 Å². The molecule has 0 saturated heterocycles. The van der Waals surface area contributed by atoms with Crippen molar-refractivity contribution in [3.63, 3.8) is 0 Å². The summed E-state index contributed by atoms with van der Waals surface area (Å²) in [5.74, 6) is 0.519. The Balaban J connectivity index is 1.91. The third-order valence-corrected chi connectivity index (χ3v) is 4.96. The van der Waals surface area contributed by atoms with Crippen molar-refractivity contribution in [3.05, 3.63) is 71.4 Å². The van der Waals surface area contributed by atoms with E-state index in [1.165, 1.54) is 47.0 Å². The van der Waals surface area contributed by atoms with E-state index in [1.807, 2.05) is 0 Å². The minimum Gasteiger partial charge on any atom is -0.340 e. The minimum atomic E-state index is 0.519. The molecule has 1 aromatic heterocycles. The van der Waals surface area contributed by atoms with Crippen LogP contribution in [0.15, 0.2) is 54.6 Å². The first-order chi connectivity index (χ1) is 10.9. The average Bonchev–Trinajstić information content (AvgIpc) is 2.90. The molecule has 1 aliphatic rings. The summed E-state index contributed by atoms with van der Waals surface area (Å²) < 4.78 is 2.52. The Morgan fingerprint density at radius 1 is 1.00 bits per heavy atom. The number of hydrogen-bond acceptors (Lipinski definition) is 1. The predicted molar refractivity (Wildman–Crippen MR) is 92.2 cm³/mol. The van der Waals surface area contributed by atoms with E-state index in [-0.39, 0.29) is 0 Å². The fraction of sp³-hybridized carbons (Fsp3) is 0.300. The normalized spacial score (nSPS) is 17.6. The molecule has 0 bridgehead atoms. The summed E-state index contributed by atoms with van der Waals surface area (Å²) >= 11 is 0. The van der Waals surface area contributed by atoms with Crippen molar-refractivity contribution < 1.29 is 0 Å². The third-order valence-electron chi connectivity index (χ3n) is 4.96. The van der Waals surface area contributed by atoms with Gasteiger partial charge in [-0.2, -0.15) is 0 Å². The lowest BCUT2D eigenvalue weighted by atomic mass is 9.85. The highest BCUT2D eigenvalue weighted by Gasteiger charge is 2.26. The Morgan fingerprint density at radius 3 is 2.59 bits per heavy atom. The molecule has 0 spiro atoms. The number of para-hydroxylation sites is 1. The van der Waals surface area contributed by atoms with Crippen LogP contribution in [0.3, 0.4) is 0 Å². The average molecular weight is 290 g/mol.